The number of alkyl halides is 3. The number of nitrogens with zero attached hydrogens (tertiary/aromatic N) is 6. The number of hydrogen-bond acceptors (Lipinski definition) is 6. The Bertz CT molecular complexity index is 1270. The number of halogens is 3. The van der Waals surface area contributed by atoms with Crippen LogP contribution in [0.2, 0.25) is 0 Å². The summed E-state index contributed by atoms with van der Waals surface area (Å²) in [7, 11) is 5.20. The lowest BCUT2D eigenvalue weighted by atomic mass is 10.0. The van der Waals surface area contributed by atoms with Crippen LogP contribution in [0.25, 0.3) is 11.3 Å². The fourth-order valence-electron chi connectivity index (χ4n) is 3.67. The maximum atomic E-state index is 13.6. The molecule has 1 aliphatic heterocycles. The first kappa shape index (κ1) is 28.9. The molecule has 2 aromatic heterocycles. The molecule has 0 atom stereocenters. The fraction of sp³-hybridized carbons (Fsp3) is 0.321. The highest BCUT2D eigenvalue weighted by Crippen LogP contribution is 2.35. The van der Waals surface area contributed by atoms with Crippen LogP contribution < -0.4 is 4.90 Å². The Labute approximate surface area is 226 Å². The smallest absolute Gasteiger partial charge is 0.349 e. The zero-order chi connectivity index (χ0) is 27.7. The highest BCUT2D eigenvalue weighted by atomic mass is 32.1. The third-order valence-corrected chi connectivity index (χ3v) is 6.70. The number of likely N-dealkylation sites (N-methyl/N-ethyl adjacent to an activating group) is 1. The summed E-state index contributed by atoms with van der Waals surface area (Å²) in [6.07, 6.45) is 9.28. The van der Waals surface area contributed by atoms with Crippen molar-refractivity contribution in [2.45, 2.75) is 38.3 Å². The maximum absolute atomic E-state index is 13.6. The molecule has 0 radical (unpaired) electrons. The summed E-state index contributed by atoms with van der Waals surface area (Å²) in [6, 6.07) is 7.79. The van der Waals surface area contributed by atoms with Crippen molar-refractivity contribution in [2.75, 3.05) is 19.0 Å². The first-order valence-corrected chi connectivity index (χ1v) is 13.1. The van der Waals surface area contributed by atoms with Gasteiger partial charge in [0.15, 0.2) is 0 Å². The largest absolute Gasteiger partial charge is 0.418 e. The van der Waals surface area contributed by atoms with E-state index in [1.54, 1.807) is 31.5 Å². The van der Waals surface area contributed by atoms with E-state index in [0.717, 1.165) is 34.4 Å². The van der Waals surface area contributed by atoms with Gasteiger partial charge in [0.1, 0.15) is 12.2 Å². The lowest BCUT2D eigenvalue weighted by molar-refractivity contribution is -0.0910. The minimum absolute atomic E-state index is 0.0661. The van der Waals surface area contributed by atoms with E-state index < -0.39 is 11.7 Å². The first-order chi connectivity index (χ1) is 18.2. The molecule has 0 saturated heterocycles. The Morgan fingerprint density at radius 2 is 1.82 bits per heavy atom. The predicted octanol–water partition coefficient (Wildman–Crippen LogP) is 7.12. The molecular weight excluding hydrogens is 509 g/mol. The van der Waals surface area contributed by atoms with Gasteiger partial charge in [0.05, 0.1) is 17.0 Å². The van der Waals surface area contributed by atoms with Gasteiger partial charge in [0.2, 0.25) is 0 Å². The lowest BCUT2D eigenvalue weighted by Gasteiger charge is -2.28. The Balaban J connectivity index is 0.000000598. The third-order valence-electron chi connectivity index (χ3n) is 6.14. The molecule has 38 heavy (non-hydrogen) atoms. The highest BCUT2D eigenvalue weighted by Gasteiger charge is 2.37. The summed E-state index contributed by atoms with van der Waals surface area (Å²) in [5.41, 5.74) is 2.76. The normalized spacial score (nSPS) is 15.6. The van der Waals surface area contributed by atoms with Crippen molar-refractivity contribution in [3.05, 3.63) is 96.3 Å². The molecule has 0 spiro atoms. The van der Waals surface area contributed by atoms with E-state index in [1.165, 1.54) is 54.4 Å². The molecule has 202 valence electrons. The lowest BCUT2D eigenvalue weighted by Crippen LogP contribution is -2.26. The number of rotatable bonds is 5. The number of anilines is 1. The van der Waals surface area contributed by atoms with Crippen molar-refractivity contribution < 1.29 is 13.2 Å². The monoisotopic (exact) mass is 542 g/mol. The Morgan fingerprint density at radius 3 is 2.37 bits per heavy atom. The van der Waals surface area contributed by atoms with Crippen LogP contribution in [0.4, 0.5) is 18.9 Å². The average molecular weight is 543 g/mol. The second-order valence-electron chi connectivity index (χ2n) is 8.88. The molecule has 1 saturated carbocycles. The summed E-state index contributed by atoms with van der Waals surface area (Å²) in [4.78, 5) is 3.16. The van der Waals surface area contributed by atoms with Crippen LogP contribution in [0.5, 0.6) is 0 Å². The van der Waals surface area contributed by atoms with Gasteiger partial charge in [0, 0.05) is 56.6 Å². The fourth-order valence-corrected chi connectivity index (χ4v) is 4.20. The topological polar surface area (TPSA) is 50.1 Å². The number of aryl methyl sites for hydroxylation is 1. The van der Waals surface area contributed by atoms with Crippen LogP contribution in [-0.2, 0) is 13.5 Å². The molecule has 2 aliphatic rings. The Kier molecular flexibility index (Phi) is 10.1. The second-order valence-corrected chi connectivity index (χ2v) is 9.54. The molecule has 1 aromatic carbocycles. The SMILES string of the molecule is C1CCC1.C=C.CN1C=CC=C(C(F)(F)F)/C1=C/N(C)c1cc(Cc2nncn2C)cc(-c2ccsn2)c1. The van der Waals surface area contributed by atoms with Gasteiger partial charge in [-0.05, 0) is 53.5 Å². The molecule has 0 amide bonds. The Morgan fingerprint density at radius 1 is 1.11 bits per heavy atom. The molecule has 3 heterocycles. The zero-order valence-electron chi connectivity index (χ0n) is 21.9. The van der Waals surface area contributed by atoms with Gasteiger partial charge < -0.3 is 14.4 Å². The summed E-state index contributed by atoms with van der Waals surface area (Å²) in [6.45, 7) is 6.00. The molecule has 0 bridgehead atoms. The van der Waals surface area contributed by atoms with Gasteiger partial charge in [-0.25, -0.2) is 0 Å². The van der Waals surface area contributed by atoms with E-state index in [2.05, 4.69) is 27.7 Å². The van der Waals surface area contributed by atoms with Crippen molar-refractivity contribution >= 4 is 17.2 Å². The van der Waals surface area contributed by atoms with E-state index in [1.807, 2.05) is 41.3 Å². The predicted molar refractivity (Wildman–Crippen MR) is 149 cm³/mol. The van der Waals surface area contributed by atoms with Crippen LogP contribution in [0, 0.1) is 0 Å². The van der Waals surface area contributed by atoms with Crippen molar-refractivity contribution in [3.63, 3.8) is 0 Å². The molecule has 1 fully saturated rings. The quantitative estimate of drug-likeness (QED) is 0.322. The average Bonchev–Trinajstić information content (AvgIpc) is 3.52. The van der Waals surface area contributed by atoms with E-state index in [-0.39, 0.29) is 5.70 Å². The maximum Gasteiger partial charge on any atom is 0.418 e. The van der Waals surface area contributed by atoms with Crippen LogP contribution in [-0.4, -0.2) is 44.3 Å². The molecule has 0 N–H and O–H groups in total. The van der Waals surface area contributed by atoms with E-state index in [9.17, 15) is 13.2 Å². The van der Waals surface area contributed by atoms with Gasteiger partial charge >= 0.3 is 6.18 Å². The summed E-state index contributed by atoms with van der Waals surface area (Å²) in [5.74, 6) is 0.784. The number of aromatic nitrogens is 4. The molecule has 10 heteroatoms. The van der Waals surface area contributed by atoms with Crippen molar-refractivity contribution in [2.24, 2.45) is 7.05 Å². The van der Waals surface area contributed by atoms with E-state index in [4.69, 9.17) is 0 Å². The van der Waals surface area contributed by atoms with E-state index in [0.29, 0.717) is 6.42 Å². The van der Waals surface area contributed by atoms with Gasteiger partial charge in [-0.1, -0.05) is 25.7 Å². The van der Waals surface area contributed by atoms with Crippen LogP contribution in [0.1, 0.15) is 37.1 Å². The minimum Gasteiger partial charge on any atom is -0.349 e. The molecule has 1 aliphatic carbocycles. The highest BCUT2D eigenvalue weighted by molar-refractivity contribution is 7.03. The summed E-state index contributed by atoms with van der Waals surface area (Å²) >= 11 is 1.35. The number of benzene rings is 1. The van der Waals surface area contributed by atoms with Crippen LogP contribution in [0.3, 0.4) is 0 Å². The molecule has 5 rings (SSSR count). The molecule has 3 aromatic rings. The summed E-state index contributed by atoms with van der Waals surface area (Å²) in [5, 5.41) is 9.96. The minimum atomic E-state index is -4.45. The zero-order valence-corrected chi connectivity index (χ0v) is 22.8. The third kappa shape index (κ3) is 7.44. The molecule has 6 nitrogen and oxygen atoms in total. The standard InChI is InChI=1S/C22H21F3N6S.C4H8.C2H4/c1-29-7-4-5-18(22(23,24)25)20(29)13-30(2)17-10-15(11-21-27-26-14-31(21)3)9-16(12-17)19-6-8-32-28-19;1-2-4-3-1;1-2/h4-10,12-14H,11H2,1-3H3;1-4H2;1-2H2/b20-13-;;. The molecule has 0 unspecified atom stereocenters. The van der Waals surface area contributed by atoms with Crippen molar-refractivity contribution in [1.82, 2.24) is 24.0 Å². The number of allylic oxidation sites excluding steroid dienone is 3. The van der Waals surface area contributed by atoms with Crippen molar-refractivity contribution in [3.8, 4) is 11.3 Å². The summed E-state index contributed by atoms with van der Waals surface area (Å²) < 4.78 is 47.0. The van der Waals surface area contributed by atoms with Gasteiger partial charge in [-0.2, -0.15) is 17.5 Å². The second kappa shape index (κ2) is 13.2. The molecular formula is C28H33F3N6S. The first-order valence-electron chi connectivity index (χ1n) is 12.2. The van der Waals surface area contributed by atoms with Gasteiger partial charge in [0.25, 0.3) is 0 Å². The van der Waals surface area contributed by atoms with E-state index >= 15 is 0 Å². The van der Waals surface area contributed by atoms with Crippen molar-refractivity contribution in [1.29, 1.82) is 0 Å². The van der Waals surface area contributed by atoms with Crippen LogP contribution in [0.15, 0.2) is 85.0 Å². The number of hydrogen-bond donors (Lipinski definition) is 0. The van der Waals surface area contributed by atoms with Crippen LogP contribution >= 0.6 is 11.5 Å². The van der Waals surface area contributed by atoms with Gasteiger partial charge in [-0.15, -0.1) is 23.4 Å². The van der Waals surface area contributed by atoms with Gasteiger partial charge in [-0.3, -0.25) is 0 Å². The Hall–Kier alpha value is -3.66.